The van der Waals surface area contributed by atoms with Crippen molar-refractivity contribution < 1.29 is 0 Å². The van der Waals surface area contributed by atoms with Gasteiger partial charge < -0.3 is 5.32 Å². The molecular weight excluding hydrogens is 192 g/mol. The predicted octanol–water partition coefficient (Wildman–Crippen LogP) is 2.61. The molecule has 1 N–H and O–H groups in total. The van der Waals surface area contributed by atoms with Crippen molar-refractivity contribution in [2.45, 2.75) is 44.6 Å². The van der Waals surface area contributed by atoms with Crippen LogP contribution in [0.15, 0.2) is 11.6 Å². The zero-order valence-electron chi connectivity index (χ0n) is 8.75. The Labute approximate surface area is 89.8 Å². The molecule has 0 spiro atoms. The Morgan fingerprint density at radius 2 is 2.57 bits per heavy atom. The first-order valence-corrected chi connectivity index (χ1v) is 6.36. The van der Waals surface area contributed by atoms with Gasteiger partial charge in [-0.15, -0.1) is 11.3 Å². The summed E-state index contributed by atoms with van der Waals surface area (Å²) in [7, 11) is 0. The molecule has 1 saturated heterocycles. The fraction of sp³-hybridized carbons (Fsp3) is 0.727. The van der Waals surface area contributed by atoms with Crippen molar-refractivity contribution in [1.82, 2.24) is 10.3 Å². The van der Waals surface area contributed by atoms with Crippen molar-refractivity contribution in [2.24, 2.45) is 0 Å². The van der Waals surface area contributed by atoms with Crippen LogP contribution in [-0.4, -0.2) is 17.1 Å². The Morgan fingerprint density at radius 3 is 3.14 bits per heavy atom. The summed E-state index contributed by atoms with van der Waals surface area (Å²) < 4.78 is 0. The van der Waals surface area contributed by atoms with E-state index in [1.165, 1.54) is 37.2 Å². The lowest BCUT2D eigenvalue weighted by Crippen LogP contribution is -2.41. The first-order chi connectivity index (χ1) is 6.85. The summed E-state index contributed by atoms with van der Waals surface area (Å²) in [5, 5.41) is 7.03. The van der Waals surface area contributed by atoms with Gasteiger partial charge in [0.25, 0.3) is 0 Å². The van der Waals surface area contributed by atoms with E-state index in [0.29, 0.717) is 5.54 Å². The van der Waals surface area contributed by atoms with E-state index >= 15 is 0 Å². The van der Waals surface area contributed by atoms with Crippen molar-refractivity contribution in [3.63, 3.8) is 0 Å². The molecule has 1 aliphatic heterocycles. The van der Waals surface area contributed by atoms with Gasteiger partial charge in [-0.1, -0.05) is 13.3 Å². The monoisotopic (exact) mass is 210 g/mol. The van der Waals surface area contributed by atoms with Crippen LogP contribution in [0.1, 0.15) is 37.6 Å². The second-order valence-corrected chi connectivity index (χ2v) is 5.14. The third-order valence-electron chi connectivity index (χ3n) is 3.03. The molecule has 2 heterocycles. The topological polar surface area (TPSA) is 24.9 Å². The maximum atomic E-state index is 4.39. The largest absolute Gasteiger partial charge is 0.311 e. The maximum Gasteiger partial charge on any atom is 0.0943 e. The predicted molar refractivity (Wildman–Crippen MR) is 60.7 cm³/mol. The van der Waals surface area contributed by atoms with Crippen LogP contribution < -0.4 is 5.32 Å². The summed E-state index contributed by atoms with van der Waals surface area (Å²) in [4.78, 5) is 4.39. The van der Waals surface area contributed by atoms with Gasteiger partial charge in [-0.25, -0.2) is 4.98 Å². The van der Waals surface area contributed by atoms with Crippen LogP contribution in [0.5, 0.6) is 0 Å². The van der Waals surface area contributed by atoms with Gasteiger partial charge in [0.15, 0.2) is 0 Å². The highest BCUT2D eigenvalue weighted by atomic mass is 32.1. The molecular formula is C11H18N2S. The Kier molecular flexibility index (Phi) is 3.19. The van der Waals surface area contributed by atoms with Gasteiger partial charge >= 0.3 is 0 Å². The lowest BCUT2D eigenvalue weighted by Gasteiger charge is -2.28. The summed E-state index contributed by atoms with van der Waals surface area (Å²) in [5.74, 6) is 0. The van der Waals surface area contributed by atoms with Gasteiger partial charge in [0.2, 0.25) is 0 Å². The Hall–Kier alpha value is -0.410. The zero-order valence-corrected chi connectivity index (χ0v) is 9.57. The molecule has 1 atom stereocenters. The third-order valence-corrected chi connectivity index (χ3v) is 3.81. The first-order valence-electron chi connectivity index (χ1n) is 5.48. The third kappa shape index (κ3) is 2.15. The number of rotatable bonds is 4. The molecule has 14 heavy (non-hydrogen) atoms. The summed E-state index contributed by atoms with van der Waals surface area (Å²) in [5.41, 5.74) is 0.368. The molecule has 2 rings (SSSR count). The van der Waals surface area contributed by atoms with Gasteiger partial charge in [-0.3, -0.25) is 0 Å². The van der Waals surface area contributed by atoms with Gasteiger partial charge in [-0.2, -0.15) is 0 Å². The SMILES string of the molecule is CCCC1(Cc2nccs2)CCCN1. The van der Waals surface area contributed by atoms with E-state index in [1.807, 2.05) is 6.20 Å². The highest BCUT2D eigenvalue weighted by molar-refractivity contribution is 7.09. The lowest BCUT2D eigenvalue weighted by atomic mass is 9.89. The summed E-state index contributed by atoms with van der Waals surface area (Å²) in [6, 6.07) is 0. The molecule has 1 aliphatic rings. The van der Waals surface area contributed by atoms with Crippen LogP contribution >= 0.6 is 11.3 Å². The standard InChI is InChI=1S/C11H18N2S/c1-2-4-11(5-3-6-13-11)9-10-12-7-8-14-10/h7-8,13H,2-6,9H2,1H3. The Bertz CT molecular complexity index is 263. The van der Waals surface area contributed by atoms with Crippen LogP contribution in [0.2, 0.25) is 0 Å². The summed E-state index contributed by atoms with van der Waals surface area (Å²) in [6.45, 7) is 3.45. The fourth-order valence-corrected chi connectivity index (χ4v) is 3.19. The van der Waals surface area contributed by atoms with Gasteiger partial charge in [-0.05, 0) is 25.8 Å². The molecule has 0 bridgehead atoms. The number of nitrogens with one attached hydrogen (secondary N) is 1. The van der Waals surface area contributed by atoms with E-state index in [2.05, 4.69) is 22.6 Å². The molecule has 0 saturated carbocycles. The van der Waals surface area contributed by atoms with E-state index in [4.69, 9.17) is 0 Å². The molecule has 0 aliphatic carbocycles. The zero-order chi connectivity index (χ0) is 9.86. The van der Waals surface area contributed by atoms with Gasteiger partial charge in [0.1, 0.15) is 0 Å². The van der Waals surface area contributed by atoms with Crippen LogP contribution in [0, 0.1) is 0 Å². The number of nitrogens with zero attached hydrogens (tertiary/aromatic N) is 1. The van der Waals surface area contributed by atoms with E-state index in [1.54, 1.807) is 11.3 Å². The quantitative estimate of drug-likeness (QED) is 0.826. The van der Waals surface area contributed by atoms with Gasteiger partial charge in [0, 0.05) is 23.5 Å². The minimum atomic E-state index is 0.368. The molecule has 0 amide bonds. The first kappa shape index (κ1) is 10.1. The average Bonchev–Trinajstić information content (AvgIpc) is 2.78. The van der Waals surface area contributed by atoms with Crippen LogP contribution in [0.25, 0.3) is 0 Å². The van der Waals surface area contributed by atoms with Crippen molar-refractivity contribution >= 4 is 11.3 Å². The fourth-order valence-electron chi connectivity index (χ4n) is 2.43. The minimum absolute atomic E-state index is 0.368. The number of hydrogen-bond acceptors (Lipinski definition) is 3. The average molecular weight is 210 g/mol. The molecule has 0 radical (unpaired) electrons. The Morgan fingerprint density at radius 1 is 1.64 bits per heavy atom. The van der Waals surface area contributed by atoms with Crippen LogP contribution in [0.3, 0.4) is 0 Å². The molecule has 3 heteroatoms. The Balaban J connectivity index is 2.04. The van der Waals surface area contributed by atoms with E-state index < -0.39 is 0 Å². The lowest BCUT2D eigenvalue weighted by molar-refractivity contribution is 0.341. The van der Waals surface area contributed by atoms with Crippen LogP contribution in [-0.2, 0) is 6.42 Å². The minimum Gasteiger partial charge on any atom is -0.311 e. The summed E-state index contributed by atoms with van der Waals surface area (Å²) in [6.07, 6.45) is 8.23. The van der Waals surface area contributed by atoms with E-state index in [-0.39, 0.29) is 0 Å². The highest BCUT2D eigenvalue weighted by Crippen LogP contribution is 2.29. The number of aromatic nitrogens is 1. The molecule has 1 fully saturated rings. The summed E-state index contributed by atoms with van der Waals surface area (Å²) >= 11 is 1.78. The molecule has 1 aromatic heterocycles. The van der Waals surface area contributed by atoms with E-state index in [0.717, 1.165) is 6.42 Å². The number of thiazole rings is 1. The maximum absolute atomic E-state index is 4.39. The molecule has 0 aromatic carbocycles. The van der Waals surface area contributed by atoms with Gasteiger partial charge in [0.05, 0.1) is 5.01 Å². The molecule has 1 aromatic rings. The second kappa shape index (κ2) is 4.41. The van der Waals surface area contributed by atoms with Crippen molar-refractivity contribution in [1.29, 1.82) is 0 Å². The van der Waals surface area contributed by atoms with E-state index in [9.17, 15) is 0 Å². The van der Waals surface area contributed by atoms with Crippen molar-refractivity contribution in [3.05, 3.63) is 16.6 Å². The molecule has 78 valence electrons. The smallest absolute Gasteiger partial charge is 0.0943 e. The van der Waals surface area contributed by atoms with Crippen LogP contribution in [0.4, 0.5) is 0 Å². The highest BCUT2D eigenvalue weighted by Gasteiger charge is 2.33. The normalized spacial score (nSPS) is 26.9. The van der Waals surface area contributed by atoms with Crippen molar-refractivity contribution in [2.75, 3.05) is 6.54 Å². The second-order valence-electron chi connectivity index (χ2n) is 4.16. The molecule has 2 nitrogen and oxygen atoms in total. The molecule has 1 unspecified atom stereocenters. The number of hydrogen-bond donors (Lipinski definition) is 1. The van der Waals surface area contributed by atoms with Crippen molar-refractivity contribution in [3.8, 4) is 0 Å².